The molecular weight excluding hydrogens is 164 g/mol. The molecule has 4 heteroatoms. The molecule has 0 bridgehead atoms. The molecule has 1 aliphatic rings. The molecule has 0 aliphatic heterocycles. The third-order valence-corrected chi connectivity index (χ3v) is 2.31. The van der Waals surface area contributed by atoms with Gasteiger partial charge in [-0.05, 0) is 18.8 Å². The van der Waals surface area contributed by atoms with Gasteiger partial charge in [-0.15, -0.1) is 0 Å². The van der Waals surface area contributed by atoms with E-state index in [1.165, 1.54) is 19.2 Å². The first kappa shape index (κ1) is 8.29. The minimum absolute atomic E-state index is 0.658. The third kappa shape index (κ3) is 1.88. The Labute approximate surface area is 77.8 Å². The Morgan fingerprint density at radius 3 is 3.00 bits per heavy atom. The number of nitrogens with zero attached hydrogens (tertiary/aromatic N) is 3. The molecule has 0 radical (unpaired) electrons. The van der Waals surface area contributed by atoms with E-state index < -0.39 is 0 Å². The zero-order valence-electron chi connectivity index (χ0n) is 7.77. The minimum Gasteiger partial charge on any atom is -0.394 e. The molecule has 1 saturated carbocycles. The highest BCUT2D eigenvalue weighted by atomic mass is 15.2. The number of hydrogen-bond donors (Lipinski definition) is 1. The van der Waals surface area contributed by atoms with Crippen LogP contribution in [0.25, 0.3) is 0 Å². The highest BCUT2D eigenvalue weighted by Crippen LogP contribution is 2.31. The van der Waals surface area contributed by atoms with Gasteiger partial charge in [0.25, 0.3) is 0 Å². The Balaban J connectivity index is 2.09. The fourth-order valence-corrected chi connectivity index (χ4v) is 1.43. The quantitative estimate of drug-likeness (QED) is 0.747. The maximum absolute atomic E-state index is 5.75. The Morgan fingerprint density at radius 1 is 1.62 bits per heavy atom. The second kappa shape index (κ2) is 3.20. The second-order valence-electron chi connectivity index (χ2n) is 3.63. The highest BCUT2D eigenvalue weighted by molar-refractivity contribution is 5.60. The van der Waals surface area contributed by atoms with Gasteiger partial charge in [-0.3, -0.25) is 0 Å². The van der Waals surface area contributed by atoms with Crippen LogP contribution in [0.5, 0.6) is 0 Å². The molecule has 2 N–H and O–H groups in total. The van der Waals surface area contributed by atoms with Crippen LogP contribution in [0.4, 0.5) is 11.5 Å². The lowest BCUT2D eigenvalue weighted by Crippen LogP contribution is -2.22. The molecule has 1 heterocycles. The summed E-state index contributed by atoms with van der Waals surface area (Å²) in [7, 11) is 2.02. The van der Waals surface area contributed by atoms with Crippen molar-refractivity contribution < 1.29 is 0 Å². The topological polar surface area (TPSA) is 55.0 Å². The Morgan fingerprint density at radius 2 is 2.38 bits per heavy atom. The first-order valence-electron chi connectivity index (χ1n) is 4.54. The Kier molecular flexibility index (Phi) is 2.04. The number of nitrogens with two attached hydrogens (primary N) is 1. The molecule has 0 saturated heterocycles. The molecule has 1 aromatic heterocycles. The summed E-state index contributed by atoms with van der Waals surface area (Å²) in [5.41, 5.74) is 6.41. The van der Waals surface area contributed by atoms with Crippen molar-refractivity contribution in [2.75, 3.05) is 24.2 Å². The lowest BCUT2D eigenvalue weighted by atomic mass is 10.3. The predicted octanol–water partition coefficient (Wildman–Crippen LogP) is 0.905. The standard InChI is InChI=1S/C9H14N4/c1-13(5-7-2-3-7)9-8(10)4-11-6-12-9/h4,6-7H,2-3,5,10H2,1H3. The largest absolute Gasteiger partial charge is 0.394 e. The summed E-state index contributed by atoms with van der Waals surface area (Å²) in [4.78, 5) is 10.1. The van der Waals surface area contributed by atoms with Crippen LogP contribution < -0.4 is 10.6 Å². The van der Waals surface area contributed by atoms with Crippen molar-refractivity contribution >= 4 is 11.5 Å². The van der Waals surface area contributed by atoms with Crippen LogP contribution in [-0.2, 0) is 0 Å². The van der Waals surface area contributed by atoms with E-state index in [1.54, 1.807) is 6.20 Å². The summed E-state index contributed by atoms with van der Waals surface area (Å²) in [6.07, 6.45) is 5.87. The van der Waals surface area contributed by atoms with Gasteiger partial charge in [0, 0.05) is 13.6 Å². The molecule has 4 nitrogen and oxygen atoms in total. The molecule has 13 heavy (non-hydrogen) atoms. The molecule has 0 unspecified atom stereocenters. The molecule has 2 rings (SSSR count). The number of hydrogen-bond acceptors (Lipinski definition) is 4. The summed E-state index contributed by atoms with van der Waals surface area (Å²) in [6, 6.07) is 0. The van der Waals surface area contributed by atoms with Crippen molar-refractivity contribution in [3.8, 4) is 0 Å². The molecule has 1 fully saturated rings. The van der Waals surface area contributed by atoms with E-state index in [1.807, 2.05) is 7.05 Å². The molecule has 0 amide bonds. The normalized spacial score (nSPS) is 15.8. The van der Waals surface area contributed by atoms with Crippen LogP contribution in [-0.4, -0.2) is 23.6 Å². The average molecular weight is 178 g/mol. The second-order valence-corrected chi connectivity index (χ2v) is 3.63. The van der Waals surface area contributed by atoms with Crippen LogP contribution in [0.1, 0.15) is 12.8 Å². The molecule has 1 aliphatic carbocycles. The fourth-order valence-electron chi connectivity index (χ4n) is 1.43. The summed E-state index contributed by atoms with van der Waals surface area (Å²) in [6.45, 7) is 1.06. The molecule has 70 valence electrons. The summed E-state index contributed by atoms with van der Waals surface area (Å²) < 4.78 is 0. The zero-order chi connectivity index (χ0) is 9.26. The van der Waals surface area contributed by atoms with Gasteiger partial charge in [0.2, 0.25) is 0 Å². The SMILES string of the molecule is CN(CC1CC1)c1ncncc1N. The first-order chi connectivity index (χ1) is 6.27. The van der Waals surface area contributed by atoms with Gasteiger partial charge < -0.3 is 10.6 Å². The van der Waals surface area contributed by atoms with Crippen LogP contribution in [0.15, 0.2) is 12.5 Å². The summed E-state index contributed by atoms with van der Waals surface area (Å²) in [5, 5.41) is 0. The highest BCUT2D eigenvalue weighted by Gasteiger charge is 2.23. The molecular formula is C9H14N4. The van der Waals surface area contributed by atoms with Gasteiger partial charge in [0.05, 0.1) is 11.9 Å². The monoisotopic (exact) mass is 178 g/mol. The predicted molar refractivity (Wildman–Crippen MR) is 52.4 cm³/mol. The lowest BCUT2D eigenvalue weighted by Gasteiger charge is -2.18. The van der Waals surface area contributed by atoms with Gasteiger partial charge in [0.1, 0.15) is 6.33 Å². The van der Waals surface area contributed by atoms with E-state index in [9.17, 15) is 0 Å². The van der Waals surface area contributed by atoms with E-state index in [4.69, 9.17) is 5.73 Å². The van der Waals surface area contributed by atoms with Crippen LogP contribution in [0.2, 0.25) is 0 Å². The number of rotatable bonds is 3. The molecule has 0 spiro atoms. The van der Waals surface area contributed by atoms with Crippen molar-refractivity contribution in [2.45, 2.75) is 12.8 Å². The molecule has 1 aromatic rings. The Bertz CT molecular complexity index is 295. The number of anilines is 2. The lowest BCUT2D eigenvalue weighted by molar-refractivity contribution is 0.776. The minimum atomic E-state index is 0.658. The van der Waals surface area contributed by atoms with E-state index in [2.05, 4.69) is 14.9 Å². The zero-order valence-corrected chi connectivity index (χ0v) is 7.77. The average Bonchev–Trinajstić information content (AvgIpc) is 2.89. The van der Waals surface area contributed by atoms with Gasteiger partial charge in [0.15, 0.2) is 5.82 Å². The summed E-state index contributed by atoms with van der Waals surface area (Å²) in [5.74, 6) is 1.70. The molecule has 0 atom stereocenters. The fraction of sp³-hybridized carbons (Fsp3) is 0.556. The van der Waals surface area contributed by atoms with Crippen LogP contribution >= 0.6 is 0 Å². The Hall–Kier alpha value is -1.32. The van der Waals surface area contributed by atoms with E-state index in [0.29, 0.717) is 5.69 Å². The van der Waals surface area contributed by atoms with Gasteiger partial charge in [-0.2, -0.15) is 0 Å². The van der Waals surface area contributed by atoms with Crippen molar-refractivity contribution in [3.05, 3.63) is 12.5 Å². The maximum atomic E-state index is 5.75. The third-order valence-electron chi connectivity index (χ3n) is 2.31. The molecule has 0 aromatic carbocycles. The van der Waals surface area contributed by atoms with Crippen molar-refractivity contribution in [2.24, 2.45) is 5.92 Å². The van der Waals surface area contributed by atoms with Crippen molar-refractivity contribution in [1.82, 2.24) is 9.97 Å². The van der Waals surface area contributed by atoms with E-state index in [-0.39, 0.29) is 0 Å². The maximum Gasteiger partial charge on any atom is 0.154 e. The smallest absolute Gasteiger partial charge is 0.154 e. The van der Waals surface area contributed by atoms with Crippen LogP contribution in [0.3, 0.4) is 0 Å². The van der Waals surface area contributed by atoms with Crippen molar-refractivity contribution in [3.63, 3.8) is 0 Å². The van der Waals surface area contributed by atoms with Gasteiger partial charge >= 0.3 is 0 Å². The number of nitrogen functional groups attached to an aromatic ring is 1. The van der Waals surface area contributed by atoms with Gasteiger partial charge in [-0.1, -0.05) is 0 Å². The van der Waals surface area contributed by atoms with Crippen LogP contribution in [0, 0.1) is 5.92 Å². The van der Waals surface area contributed by atoms with Crippen molar-refractivity contribution in [1.29, 1.82) is 0 Å². The first-order valence-corrected chi connectivity index (χ1v) is 4.54. The van der Waals surface area contributed by atoms with Gasteiger partial charge in [-0.25, -0.2) is 9.97 Å². The van der Waals surface area contributed by atoms with E-state index in [0.717, 1.165) is 18.3 Å². The summed E-state index contributed by atoms with van der Waals surface area (Å²) >= 11 is 0. The van der Waals surface area contributed by atoms with E-state index >= 15 is 0 Å². The number of aromatic nitrogens is 2.